The maximum atomic E-state index is 12.7. The smallest absolute Gasteiger partial charge is 0.227 e. The number of carbonyl (C=O) groups excluding carboxylic acids is 1. The first kappa shape index (κ1) is 31.8. The van der Waals surface area contributed by atoms with Crippen LogP contribution < -0.4 is 24.4 Å². The highest BCUT2D eigenvalue weighted by atomic mass is 16.5. The molecule has 8 heteroatoms. The Kier molecular flexibility index (Phi) is 11.5. The molecule has 2 atom stereocenters. The van der Waals surface area contributed by atoms with Gasteiger partial charge in [0.2, 0.25) is 5.91 Å². The lowest BCUT2D eigenvalue weighted by molar-refractivity contribution is -0.118. The lowest BCUT2D eigenvalue weighted by Gasteiger charge is -2.33. The van der Waals surface area contributed by atoms with E-state index in [1.54, 1.807) is 14.2 Å². The van der Waals surface area contributed by atoms with E-state index in [2.05, 4.69) is 47.8 Å². The molecule has 3 aromatic rings. The number of piperidine rings is 1. The lowest BCUT2D eigenvalue weighted by Crippen LogP contribution is -2.41. The number of hydrogen-bond acceptors (Lipinski definition) is 7. The van der Waals surface area contributed by atoms with Crippen LogP contribution in [0.25, 0.3) is 0 Å². The molecule has 1 N–H and O–H groups in total. The van der Waals surface area contributed by atoms with Crippen molar-refractivity contribution in [2.24, 2.45) is 0 Å². The Hall–Kier alpha value is -3.59. The molecule has 0 radical (unpaired) electrons. The third-order valence-corrected chi connectivity index (χ3v) is 8.48. The minimum atomic E-state index is 0.0570. The number of amides is 1. The normalized spacial score (nSPS) is 18.2. The molecule has 2 heterocycles. The Bertz CT molecular complexity index is 1360. The van der Waals surface area contributed by atoms with Crippen LogP contribution in [-0.2, 0) is 27.3 Å². The summed E-state index contributed by atoms with van der Waals surface area (Å²) in [6.45, 7) is 6.74. The lowest BCUT2D eigenvalue weighted by atomic mass is 9.87. The van der Waals surface area contributed by atoms with E-state index in [0.29, 0.717) is 45.3 Å². The fraction of sp³-hybridized carbons (Fsp3) is 0.472. The Morgan fingerprint density at radius 2 is 1.77 bits per heavy atom. The summed E-state index contributed by atoms with van der Waals surface area (Å²) in [5.74, 6) is 2.88. The molecule has 1 amide bonds. The highest BCUT2D eigenvalue weighted by Crippen LogP contribution is 2.33. The minimum absolute atomic E-state index is 0.0570. The zero-order valence-corrected chi connectivity index (χ0v) is 26.3. The van der Waals surface area contributed by atoms with Gasteiger partial charge in [-0.15, -0.1) is 0 Å². The highest BCUT2D eigenvalue weighted by molar-refractivity contribution is 5.96. The van der Waals surface area contributed by atoms with E-state index in [1.807, 2.05) is 30.0 Å². The number of rotatable bonds is 15. The van der Waals surface area contributed by atoms with Crippen molar-refractivity contribution in [2.45, 2.75) is 57.7 Å². The quantitative estimate of drug-likeness (QED) is 0.219. The third-order valence-electron chi connectivity index (χ3n) is 8.48. The van der Waals surface area contributed by atoms with Crippen LogP contribution in [0.3, 0.4) is 0 Å². The van der Waals surface area contributed by atoms with Crippen molar-refractivity contribution in [2.75, 3.05) is 58.6 Å². The van der Waals surface area contributed by atoms with Gasteiger partial charge >= 0.3 is 0 Å². The second kappa shape index (κ2) is 15.9. The van der Waals surface area contributed by atoms with E-state index in [1.165, 1.54) is 11.1 Å². The molecule has 0 bridgehead atoms. The van der Waals surface area contributed by atoms with Crippen LogP contribution >= 0.6 is 0 Å². The summed E-state index contributed by atoms with van der Waals surface area (Å²) in [6.07, 6.45) is 4.01. The Morgan fingerprint density at radius 1 is 0.932 bits per heavy atom. The largest absolute Gasteiger partial charge is 0.493 e. The van der Waals surface area contributed by atoms with Crippen molar-refractivity contribution in [3.63, 3.8) is 0 Å². The fourth-order valence-electron chi connectivity index (χ4n) is 6.08. The first-order valence-corrected chi connectivity index (χ1v) is 15.8. The molecule has 44 heavy (non-hydrogen) atoms. The van der Waals surface area contributed by atoms with Crippen molar-refractivity contribution >= 4 is 11.6 Å². The number of aryl methyl sites for hydroxylation is 2. The standard InChI is InChI=1S/C36H46N2O6/c1-26-7-4-8-33(41-3)36(26)43-22-6-21-42-30-14-11-28(12-15-30)31-17-18-37-24-34(31)44-25-27-9-10-29-13-16-35(39)38(32(29)23-27)19-5-20-40-2/h4,7-12,14-15,23,31,34,37H,5-6,13,16-22,24-25H2,1-3H3. The van der Waals surface area contributed by atoms with E-state index in [9.17, 15) is 4.79 Å². The van der Waals surface area contributed by atoms with Gasteiger partial charge < -0.3 is 33.9 Å². The molecule has 2 aliphatic heterocycles. The Morgan fingerprint density at radius 3 is 2.59 bits per heavy atom. The number of nitrogens with one attached hydrogen (secondary N) is 1. The molecular weight excluding hydrogens is 556 g/mol. The molecule has 2 unspecified atom stereocenters. The van der Waals surface area contributed by atoms with Gasteiger partial charge in [-0.2, -0.15) is 0 Å². The molecule has 236 valence electrons. The van der Waals surface area contributed by atoms with E-state index < -0.39 is 0 Å². The van der Waals surface area contributed by atoms with E-state index in [4.69, 9.17) is 23.7 Å². The molecular formula is C36H46N2O6. The van der Waals surface area contributed by atoms with Gasteiger partial charge in [0.25, 0.3) is 0 Å². The molecule has 3 aromatic carbocycles. The van der Waals surface area contributed by atoms with Crippen LogP contribution in [0.5, 0.6) is 17.2 Å². The minimum Gasteiger partial charge on any atom is -0.493 e. The number of hydrogen-bond donors (Lipinski definition) is 1. The number of nitrogens with zero attached hydrogens (tertiary/aromatic N) is 1. The molecule has 0 aromatic heterocycles. The SMILES string of the molecule is COCCCN1C(=O)CCc2ccc(COC3CNCCC3c3ccc(OCCCOc4c(C)cccc4OC)cc3)cc21. The number of para-hydroxylation sites is 1. The van der Waals surface area contributed by atoms with E-state index >= 15 is 0 Å². The van der Waals surface area contributed by atoms with E-state index in [0.717, 1.165) is 72.8 Å². The zero-order chi connectivity index (χ0) is 30.7. The van der Waals surface area contributed by atoms with Crippen LogP contribution in [0.4, 0.5) is 5.69 Å². The number of carbonyl (C=O) groups is 1. The summed E-state index contributed by atoms with van der Waals surface area (Å²) in [7, 11) is 3.35. The van der Waals surface area contributed by atoms with Crippen LogP contribution in [0.2, 0.25) is 0 Å². The second-order valence-corrected chi connectivity index (χ2v) is 11.5. The highest BCUT2D eigenvalue weighted by Gasteiger charge is 2.28. The van der Waals surface area contributed by atoms with Gasteiger partial charge in [-0.05, 0) is 79.3 Å². The third kappa shape index (κ3) is 8.11. The molecule has 0 aliphatic carbocycles. The topological polar surface area (TPSA) is 78.5 Å². The fourth-order valence-corrected chi connectivity index (χ4v) is 6.08. The Balaban J connectivity index is 1.13. The molecule has 5 rings (SSSR count). The van der Waals surface area contributed by atoms with Gasteiger partial charge in [-0.3, -0.25) is 4.79 Å². The van der Waals surface area contributed by atoms with Gasteiger partial charge in [0, 0.05) is 51.3 Å². The summed E-state index contributed by atoms with van der Waals surface area (Å²) in [5, 5.41) is 3.50. The van der Waals surface area contributed by atoms with Crippen LogP contribution in [0.1, 0.15) is 53.9 Å². The molecule has 0 spiro atoms. The predicted molar refractivity (Wildman–Crippen MR) is 172 cm³/mol. The van der Waals surface area contributed by atoms with Crippen molar-refractivity contribution < 1.29 is 28.5 Å². The molecule has 1 saturated heterocycles. The van der Waals surface area contributed by atoms with Gasteiger partial charge in [0.15, 0.2) is 11.5 Å². The zero-order valence-electron chi connectivity index (χ0n) is 26.3. The first-order chi connectivity index (χ1) is 21.6. The monoisotopic (exact) mass is 602 g/mol. The van der Waals surface area contributed by atoms with Crippen LogP contribution in [-0.4, -0.2) is 65.7 Å². The number of methoxy groups -OCH3 is 2. The van der Waals surface area contributed by atoms with E-state index in [-0.39, 0.29) is 12.0 Å². The summed E-state index contributed by atoms with van der Waals surface area (Å²) in [5.41, 5.74) is 5.66. The number of benzene rings is 3. The van der Waals surface area contributed by atoms with Crippen molar-refractivity contribution in [1.82, 2.24) is 5.32 Å². The molecule has 2 aliphatic rings. The summed E-state index contributed by atoms with van der Waals surface area (Å²) >= 11 is 0. The van der Waals surface area contributed by atoms with Gasteiger partial charge in [0.1, 0.15) is 5.75 Å². The number of fused-ring (bicyclic) bond motifs is 1. The molecule has 8 nitrogen and oxygen atoms in total. The van der Waals surface area contributed by atoms with Crippen LogP contribution in [0.15, 0.2) is 60.7 Å². The summed E-state index contributed by atoms with van der Waals surface area (Å²) in [4.78, 5) is 14.6. The van der Waals surface area contributed by atoms with Crippen LogP contribution in [0, 0.1) is 6.92 Å². The van der Waals surface area contributed by atoms with Gasteiger partial charge in [-0.25, -0.2) is 0 Å². The average Bonchev–Trinajstić information content (AvgIpc) is 3.05. The van der Waals surface area contributed by atoms with Gasteiger partial charge in [0.05, 0.1) is 33.0 Å². The second-order valence-electron chi connectivity index (χ2n) is 11.5. The first-order valence-electron chi connectivity index (χ1n) is 15.8. The predicted octanol–water partition coefficient (Wildman–Crippen LogP) is 5.83. The van der Waals surface area contributed by atoms with Gasteiger partial charge in [-0.1, -0.05) is 36.4 Å². The van der Waals surface area contributed by atoms with Crippen molar-refractivity contribution in [3.05, 3.63) is 82.9 Å². The Labute approximate surface area is 261 Å². The summed E-state index contributed by atoms with van der Waals surface area (Å²) in [6, 6.07) is 20.8. The maximum Gasteiger partial charge on any atom is 0.227 e. The summed E-state index contributed by atoms with van der Waals surface area (Å²) < 4.78 is 29.1. The maximum absolute atomic E-state index is 12.7. The number of ether oxygens (including phenoxy) is 5. The molecule has 1 fully saturated rings. The average molecular weight is 603 g/mol. The number of anilines is 1. The van der Waals surface area contributed by atoms with Crippen molar-refractivity contribution in [3.8, 4) is 17.2 Å². The van der Waals surface area contributed by atoms with Crippen molar-refractivity contribution in [1.29, 1.82) is 0 Å². The molecule has 0 saturated carbocycles.